The molecule has 19 heavy (non-hydrogen) atoms. The Morgan fingerprint density at radius 2 is 2.16 bits per heavy atom. The molecule has 0 spiro atoms. The number of nitrogens with two attached hydrogens (primary N) is 1. The number of hydrogen-bond donors (Lipinski definition) is 2. The Morgan fingerprint density at radius 1 is 1.42 bits per heavy atom. The third-order valence-electron chi connectivity index (χ3n) is 2.99. The van der Waals surface area contributed by atoms with Crippen molar-refractivity contribution in [3.63, 3.8) is 0 Å². The molecule has 1 aromatic rings. The first-order chi connectivity index (χ1) is 9.04. The van der Waals surface area contributed by atoms with Crippen LogP contribution in [0.4, 0.5) is 5.69 Å². The SMILES string of the molecule is CCOC(CCNC(=O)c1cccc(N)c1)C(C)C. The number of carbonyl (C=O) groups is 1. The predicted octanol–water partition coefficient (Wildman–Crippen LogP) is 2.45. The number of anilines is 1. The van der Waals surface area contributed by atoms with Gasteiger partial charge in [-0.25, -0.2) is 0 Å². The predicted molar refractivity (Wildman–Crippen MR) is 78.1 cm³/mol. The van der Waals surface area contributed by atoms with E-state index in [1.165, 1.54) is 0 Å². The molecule has 0 aromatic heterocycles. The Balaban J connectivity index is 2.42. The maximum Gasteiger partial charge on any atom is 0.251 e. The van der Waals surface area contributed by atoms with Gasteiger partial charge < -0.3 is 15.8 Å². The normalized spacial score (nSPS) is 12.4. The van der Waals surface area contributed by atoms with Crippen LogP contribution in [0.15, 0.2) is 24.3 Å². The molecular formula is C15H24N2O2. The van der Waals surface area contributed by atoms with Gasteiger partial charge in [0.1, 0.15) is 0 Å². The minimum atomic E-state index is -0.0914. The zero-order valence-electron chi connectivity index (χ0n) is 12.0. The average molecular weight is 264 g/mol. The van der Waals surface area contributed by atoms with Crippen LogP contribution >= 0.6 is 0 Å². The van der Waals surface area contributed by atoms with Crippen molar-refractivity contribution in [1.82, 2.24) is 5.32 Å². The van der Waals surface area contributed by atoms with Crippen LogP contribution < -0.4 is 11.1 Å². The highest BCUT2D eigenvalue weighted by Crippen LogP contribution is 2.10. The fraction of sp³-hybridized carbons (Fsp3) is 0.533. The minimum absolute atomic E-state index is 0.0914. The summed E-state index contributed by atoms with van der Waals surface area (Å²) in [7, 11) is 0. The fourth-order valence-electron chi connectivity index (χ4n) is 1.93. The van der Waals surface area contributed by atoms with Crippen molar-refractivity contribution in [2.24, 2.45) is 5.92 Å². The Kier molecular flexibility index (Phi) is 6.36. The molecule has 106 valence electrons. The Morgan fingerprint density at radius 3 is 2.74 bits per heavy atom. The molecule has 0 fully saturated rings. The number of amides is 1. The van der Waals surface area contributed by atoms with Gasteiger partial charge in [0.25, 0.3) is 5.91 Å². The summed E-state index contributed by atoms with van der Waals surface area (Å²) >= 11 is 0. The molecule has 1 amide bonds. The number of benzene rings is 1. The van der Waals surface area contributed by atoms with E-state index in [4.69, 9.17) is 10.5 Å². The Labute approximate surface area is 115 Å². The molecule has 0 aliphatic carbocycles. The molecule has 4 heteroatoms. The molecular weight excluding hydrogens is 240 g/mol. The largest absolute Gasteiger partial charge is 0.399 e. The van der Waals surface area contributed by atoms with E-state index in [0.717, 1.165) is 6.42 Å². The maximum atomic E-state index is 11.9. The number of nitrogens with one attached hydrogen (secondary N) is 1. The highest BCUT2D eigenvalue weighted by atomic mass is 16.5. The maximum absolute atomic E-state index is 11.9. The lowest BCUT2D eigenvalue weighted by Gasteiger charge is -2.20. The molecule has 0 radical (unpaired) electrons. The zero-order chi connectivity index (χ0) is 14.3. The fourth-order valence-corrected chi connectivity index (χ4v) is 1.93. The van der Waals surface area contributed by atoms with Crippen LogP contribution in [0.2, 0.25) is 0 Å². The summed E-state index contributed by atoms with van der Waals surface area (Å²) in [5, 5.41) is 2.90. The standard InChI is InChI=1S/C15H24N2O2/c1-4-19-14(11(2)3)8-9-17-15(18)12-6-5-7-13(16)10-12/h5-7,10-11,14H,4,8-9,16H2,1-3H3,(H,17,18). The van der Waals surface area contributed by atoms with Crippen molar-refractivity contribution in [2.45, 2.75) is 33.3 Å². The van der Waals surface area contributed by atoms with Gasteiger partial charge in [0, 0.05) is 24.4 Å². The van der Waals surface area contributed by atoms with E-state index in [-0.39, 0.29) is 12.0 Å². The quantitative estimate of drug-likeness (QED) is 0.743. The number of carbonyl (C=O) groups excluding carboxylic acids is 1. The molecule has 0 bridgehead atoms. The molecule has 0 heterocycles. The van der Waals surface area contributed by atoms with Gasteiger partial charge in [0.15, 0.2) is 0 Å². The first-order valence-electron chi connectivity index (χ1n) is 6.80. The van der Waals surface area contributed by atoms with Gasteiger partial charge in [-0.2, -0.15) is 0 Å². The lowest BCUT2D eigenvalue weighted by Crippen LogP contribution is -2.30. The van der Waals surface area contributed by atoms with Crippen LogP contribution in [-0.2, 0) is 4.74 Å². The highest BCUT2D eigenvalue weighted by molar-refractivity contribution is 5.94. The molecule has 0 saturated heterocycles. The average Bonchev–Trinajstić information content (AvgIpc) is 2.37. The summed E-state index contributed by atoms with van der Waals surface area (Å²) in [6, 6.07) is 6.98. The lowest BCUT2D eigenvalue weighted by molar-refractivity contribution is 0.0251. The van der Waals surface area contributed by atoms with Gasteiger partial charge >= 0.3 is 0 Å². The van der Waals surface area contributed by atoms with Crippen molar-refractivity contribution < 1.29 is 9.53 Å². The topological polar surface area (TPSA) is 64.3 Å². The second-order valence-electron chi connectivity index (χ2n) is 4.91. The van der Waals surface area contributed by atoms with E-state index < -0.39 is 0 Å². The minimum Gasteiger partial charge on any atom is -0.399 e. The van der Waals surface area contributed by atoms with E-state index in [0.29, 0.717) is 30.3 Å². The second kappa shape index (κ2) is 7.79. The Bertz CT molecular complexity index is 405. The first-order valence-corrected chi connectivity index (χ1v) is 6.80. The number of nitrogen functional groups attached to an aromatic ring is 1. The van der Waals surface area contributed by atoms with Gasteiger partial charge in [-0.1, -0.05) is 19.9 Å². The summed E-state index contributed by atoms with van der Waals surface area (Å²) in [6.45, 7) is 7.54. The highest BCUT2D eigenvalue weighted by Gasteiger charge is 2.13. The van der Waals surface area contributed by atoms with E-state index >= 15 is 0 Å². The van der Waals surface area contributed by atoms with Crippen molar-refractivity contribution in [3.8, 4) is 0 Å². The van der Waals surface area contributed by atoms with Crippen molar-refractivity contribution in [2.75, 3.05) is 18.9 Å². The van der Waals surface area contributed by atoms with Crippen LogP contribution in [-0.4, -0.2) is 25.2 Å². The van der Waals surface area contributed by atoms with Crippen LogP contribution in [0.5, 0.6) is 0 Å². The molecule has 0 aliphatic heterocycles. The van der Waals surface area contributed by atoms with Crippen LogP contribution in [0.3, 0.4) is 0 Å². The Hall–Kier alpha value is -1.55. The smallest absolute Gasteiger partial charge is 0.251 e. The van der Waals surface area contributed by atoms with Gasteiger partial charge in [-0.05, 0) is 37.5 Å². The number of rotatable bonds is 7. The molecule has 0 aliphatic rings. The molecule has 1 aromatic carbocycles. The van der Waals surface area contributed by atoms with Gasteiger partial charge in [-0.3, -0.25) is 4.79 Å². The second-order valence-corrected chi connectivity index (χ2v) is 4.91. The third-order valence-corrected chi connectivity index (χ3v) is 2.99. The van der Waals surface area contributed by atoms with Crippen molar-refractivity contribution in [3.05, 3.63) is 29.8 Å². The summed E-state index contributed by atoms with van der Waals surface area (Å²) in [5.41, 5.74) is 6.85. The molecule has 3 N–H and O–H groups in total. The molecule has 1 unspecified atom stereocenters. The van der Waals surface area contributed by atoms with Gasteiger partial charge in [0.05, 0.1) is 6.10 Å². The summed E-state index contributed by atoms with van der Waals surface area (Å²) in [5.74, 6) is 0.357. The summed E-state index contributed by atoms with van der Waals surface area (Å²) in [6.07, 6.45) is 1.01. The third kappa shape index (κ3) is 5.30. The van der Waals surface area contributed by atoms with E-state index in [1.54, 1.807) is 24.3 Å². The molecule has 4 nitrogen and oxygen atoms in total. The van der Waals surface area contributed by atoms with E-state index in [1.807, 2.05) is 6.92 Å². The molecule has 1 rings (SSSR count). The summed E-state index contributed by atoms with van der Waals surface area (Å²) < 4.78 is 5.64. The van der Waals surface area contributed by atoms with E-state index in [2.05, 4.69) is 19.2 Å². The van der Waals surface area contributed by atoms with E-state index in [9.17, 15) is 4.79 Å². The van der Waals surface area contributed by atoms with Gasteiger partial charge in [-0.15, -0.1) is 0 Å². The summed E-state index contributed by atoms with van der Waals surface area (Å²) in [4.78, 5) is 11.9. The van der Waals surface area contributed by atoms with Crippen molar-refractivity contribution in [1.29, 1.82) is 0 Å². The number of ether oxygens (including phenoxy) is 1. The van der Waals surface area contributed by atoms with Crippen LogP contribution in [0.1, 0.15) is 37.6 Å². The molecule has 1 atom stereocenters. The first kappa shape index (κ1) is 15.5. The number of hydrogen-bond acceptors (Lipinski definition) is 3. The zero-order valence-corrected chi connectivity index (χ0v) is 12.0. The monoisotopic (exact) mass is 264 g/mol. The lowest BCUT2D eigenvalue weighted by atomic mass is 10.0. The van der Waals surface area contributed by atoms with Crippen LogP contribution in [0, 0.1) is 5.92 Å². The van der Waals surface area contributed by atoms with Gasteiger partial charge in [0.2, 0.25) is 0 Å². The van der Waals surface area contributed by atoms with Crippen LogP contribution in [0.25, 0.3) is 0 Å². The van der Waals surface area contributed by atoms with Crippen molar-refractivity contribution >= 4 is 11.6 Å². The molecule has 0 saturated carbocycles.